The molecule has 0 spiro atoms. The summed E-state index contributed by atoms with van der Waals surface area (Å²) in [7, 11) is 0. The number of aliphatic hydroxyl groups excluding tert-OH is 8. The highest BCUT2D eigenvalue weighted by molar-refractivity contribution is 5.76. The molecule has 2 fully saturated rings. The third kappa shape index (κ3) is 33.7. The van der Waals surface area contributed by atoms with Crippen LogP contribution in [0.4, 0.5) is 0 Å². The standard InChI is InChI=1S/C63H111NO13/c1-3-5-7-9-11-13-15-17-19-21-23-24-25-26-27-28-29-31-33-35-37-39-41-43-45-47-55(68)64-51(52(67)46-44-42-40-38-36-34-32-30-22-20-18-16-14-12-10-8-6-4-2)50-74-62-60(73)58(71)61(54(49-66)76-62)77-63-59(72)57(70)56(69)53(48-65)75-63/h5,7,11,13,17,19,23-24,36,38,44,46,51-54,56-63,65-67,69-73H,3-4,6,8-10,12,14-16,18,20-22,25-35,37,39-43,45,47-50H2,1-2H3,(H,64,68)/b7-5-,13-11-,19-17-,24-23-,38-36+,46-44+. The molecular formula is C63H111NO13. The molecule has 0 saturated carbocycles. The number of nitrogens with one attached hydrogen (secondary N) is 1. The average Bonchev–Trinajstić information content (AvgIpc) is 3.44. The van der Waals surface area contributed by atoms with E-state index in [1.807, 2.05) is 6.08 Å². The van der Waals surface area contributed by atoms with Crippen molar-refractivity contribution in [2.45, 2.75) is 299 Å². The van der Waals surface area contributed by atoms with E-state index in [2.05, 4.69) is 79.9 Å². The summed E-state index contributed by atoms with van der Waals surface area (Å²) in [6.07, 6.45) is 46.5. The highest BCUT2D eigenvalue weighted by Gasteiger charge is 2.51. The van der Waals surface area contributed by atoms with Gasteiger partial charge in [0.25, 0.3) is 0 Å². The Morgan fingerprint density at radius 2 is 0.909 bits per heavy atom. The van der Waals surface area contributed by atoms with Crippen molar-refractivity contribution in [3.8, 4) is 0 Å². The van der Waals surface area contributed by atoms with Gasteiger partial charge in [0, 0.05) is 6.42 Å². The second-order valence-corrected chi connectivity index (χ2v) is 21.4. The first-order chi connectivity index (χ1) is 37.6. The molecule has 14 nitrogen and oxygen atoms in total. The molecule has 2 aliphatic heterocycles. The van der Waals surface area contributed by atoms with Gasteiger partial charge in [-0.1, -0.05) is 222 Å². The van der Waals surface area contributed by atoms with Gasteiger partial charge >= 0.3 is 0 Å². The van der Waals surface area contributed by atoms with Crippen LogP contribution in [0, 0.1) is 0 Å². The maximum Gasteiger partial charge on any atom is 0.220 e. The first-order valence-electron chi connectivity index (χ1n) is 30.7. The number of allylic oxidation sites excluding steroid dienone is 11. The van der Waals surface area contributed by atoms with Crippen LogP contribution < -0.4 is 5.32 Å². The Morgan fingerprint density at radius 1 is 0.481 bits per heavy atom. The van der Waals surface area contributed by atoms with Crippen LogP contribution in [0.15, 0.2) is 72.9 Å². The van der Waals surface area contributed by atoms with Crippen LogP contribution in [-0.4, -0.2) is 140 Å². The molecular weight excluding hydrogens is 979 g/mol. The van der Waals surface area contributed by atoms with Gasteiger partial charge in [-0.3, -0.25) is 4.79 Å². The second-order valence-electron chi connectivity index (χ2n) is 21.4. The number of ether oxygens (including phenoxy) is 4. The van der Waals surface area contributed by atoms with Crippen molar-refractivity contribution < 1.29 is 64.6 Å². The van der Waals surface area contributed by atoms with Crippen LogP contribution >= 0.6 is 0 Å². The lowest BCUT2D eigenvalue weighted by Crippen LogP contribution is -2.65. The normalized spacial score (nSPS) is 25.2. The molecule has 77 heavy (non-hydrogen) atoms. The van der Waals surface area contributed by atoms with E-state index in [4.69, 9.17) is 18.9 Å². The van der Waals surface area contributed by atoms with Crippen LogP contribution in [-0.2, 0) is 23.7 Å². The highest BCUT2D eigenvalue weighted by atomic mass is 16.7. The third-order valence-electron chi connectivity index (χ3n) is 14.6. The fraction of sp³-hybridized carbons (Fsp3) is 0.794. The van der Waals surface area contributed by atoms with E-state index >= 15 is 0 Å². The minimum atomic E-state index is -1.79. The number of hydrogen-bond acceptors (Lipinski definition) is 13. The quantitative estimate of drug-likeness (QED) is 0.0204. The largest absolute Gasteiger partial charge is 0.394 e. The molecule has 0 bridgehead atoms. The molecule has 0 aromatic carbocycles. The number of carbonyl (C=O) groups is 1. The number of hydrogen-bond donors (Lipinski definition) is 9. The van der Waals surface area contributed by atoms with E-state index in [1.165, 1.54) is 128 Å². The predicted molar refractivity (Wildman–Crippen MR) is 309 cm³/mol. The minimum Gasteiger partial charge on any atom is -0.394 e. The van der Waals surface area contributed by atoms with Gasteiger partial charge in [-0.25, -0.2) is 0 Å². The lowest BCUT2D eigenvalue weighted by atomic mass is 9.97. The molecule has 9 N–H and O–H groups in total. The fourth-order valence-corrected chi connectivity index (χ4v) is 9.71. The molecule has 1 amide bonds. The number of aliphatic hydroxyl groups is 8. The summed E-state index contributed by atoms with van der Waals surface area (Å²) in [5, 5.41) is 87.1. The molecule has 12 unspecified atom stereocenters. The maximum absolute atomic E-state index is 13.3. The van der Waals surface area contributed by atoms with Crippen LogP contribution in [0.25, 0.3) is 0 Å². The van der Waals surface area contributed by atoms with Crippen molar-refractivity contribution in [1.82, 2.24) is 5.32 Å². The van der Waals surface area contributed by atoms with Crippen LogP contribution in [0.3, 0.4) is 0 Å². The van der Waals surface area contributed by atoms with E-state index in [0.29, 0.717) is 12.8 Å². The van der Waals surface area contributed by atoms with Crippen molar-refractivity contribution in [3.05, 3.63) is 72.9 Å². The lowest BCUT2D eigenvalue weighted by molar-refractivity contribution is -0.359. The van der Waals surface area contributed by atoms with Gasteiger partial charge in [-0.2, -0.15) is 0 Å². The Hall–Kier alpha value is -2.57. The Kier molecular flexibility index (Phi) is 44.1. The van der Waals surface area contributed by atoms with Crippen molar-refractivity contribution in [3.63, 3.8) is 0 Å². The Morgan fingerprint density at radius 3 is 1.43 bits per heavy atom. The monoisotopic (exact) mass is 1090 g/mol. The number of carbonyl (C=O) groups excluding carboxylic acids is 1. The van der Waals surface area contributed by atoms with Gasteiger partial charge in [-0.15, -0.1) is 0 Å². The number of amides is 1. The summed E-state index contributed by atoms with van der Waals surface area (Å²) in [4.78, 5) is 13.3. The zero-order valence-corrected chi connectivity index (χ0v) is 47.9. The highest BCUT2D eigenvalue weighted by Crippen LogP contribution is 2.30. The van der Waals surface area contributed by atoms with E-state index in [0.717, 1.165) is 64.2 Å². The van der Waals surface area contributed by atoms with Gasteiger partial charge in [-0.05, 0) is 70.6 Å². The topological polar surface area (TPSA) is 228 Å². The molecule has 2 aliphatic rings. The van der Waals surface area contributed by atoms with Gasteiger partial charge in [0.15, 0.2) is 12.6 Å². The summed E-state index contributed by atoms with van der Waals surface area (Å²) in [5.74, 6) is -0.253. The average molecular weight is 1090 g/mol. The van der Waals surface area contributed by atoms with Crippen LogP contribution in [0.1, 0.15) is 226 Å². The van der Waals surface area contributed by atoms with Gasteiger partial charge in [0.1, 0.15) is 48.8 Å². The molecule has 0 aromatic rings. The van der Waals surface area contributed by atoms with Gasteiger partial charge in [0.2, 0.25) is 5.91 Å². The maximum atomic E-state index is 13.3. The fourth-order valence-electron chi connectivity index (χ4n) is 9.71. The van der Waals surface area contributed by atoms with Gasteiger partial charge < -0.3 is 65.1 Å². The van der Waals surface area contributed by atoms with Crippen LogP contribution in [0.2, 0.25) is 0 Å². The smallest absolute Gasteiger partial charge is 0.220 e. The SMILES string of the molecule is CC/C=C\C/C=C\C/C=C\C/C=C\CCCCCCCCCCCCCCC(=O)NC(COC1OC(CO)C(OC2OC(CO)C(O)C(O)C2O)C(O)C1O)C(O)/C=C/CC/C=C/CCCCCCCCCCCCCC. The molecule has 2 rings (SSSR count). The Balaban J connectivity index is 1.75. The zero-order chi connectivity index (χ0) is 56.0. The molecule has 0 radical (unpaired) electrons. The van der Waals surface area contributed by atoms with Crippen LogP contribution in [0.5, 0.6) is 0 Å². The minimum absolute atomic E-state index is 0.253. The summed E-state index contributed by atoms with van der Waals surface area (Å²) < 4.78 is 22.8. The summed E-state index contributed by atoms with van der Waals surface area (Å²) in [5.41, 5.74) is 0. The lowest BCUT2D eigenvalue weighted by Gasteiger charge is -2.46. The zero-order valence-electron chi connectivity index (χ0n) is 47.9. The molecule has 2 saturated heterocycles. The molecule has 12 atom stereocenters. The number of unbranched alkanes of at least 4 members (excludes halogenated alkanes) is 25. The molecule has 14 heteroatoms. The van der Waals surface area contributed by atoms with Crippen molar-refractivity contribution in [2.75, 3.05) is 19.8 Å². The van der Waals surface area contributed by atoms with Crippen molar-refractivity contribution in [1.29, 1.82) is 0 Å². The van der Waals surface area contributed by atoms with Crippen molar-refractivity contribution in [2.24, 2.45) is 0 Å². The third-order valence-corrected chi connectivity index (χ3v) is 14.6. The first kappa shape index (κ1) is 70.5. The Labute approximate surface area is 466 Å². The Bertz CT molecular complexity index is 1570. The second kappa shape index (κ2) is 48.2. The number of rotatable bonds is 48. The van der Waals surface area contributed by atoms with Crippen molar-refractivity contribution >= 4 is 5.91 Å². The van der Waals surface area contributed by atoms with Gasteiger partial charge in [0.05, 0.1) is 32.0 Å². The summed E-state index contributed by atoms with van der Waals surface area (Å²) in [6, 6.07) is -0.936. The van der Waals surface area contributed by atoms with E-state index in [1.54, 1.807) is 6.08 Å². The van der Waals surface area contributed by atoms with E-state index in [-0.39, 0.29) is 18.9 Å². The molecule has 0 aliphatic carbocycles. The van der Waals surface area contributed by atoms with E-state index < -0.39 is 86.8 Å². The predicted octanol–water partition coefficient (Wildman–Crippen LogP) is 10.7. The molecule has 2 heterocycles. The summed E-state index contributed by atoms with van der Waals surface area (Å²) in [6.45, 7) is 2.67. The summed E-state index contributed by atoms with van der Waals surface area (Å²) >= 11 is 0. The first-order valence-corrected chi connectivity index (χ1v) is 30.7. The molecule has 446 valence electrons. The molecule has 0 aromatic heterocycles. The van der Waals surface area contributed by atoms with E-state index in [9.17, 15) is 45.6 Å².